The number of hydrogen-bond acceptors (Lipinski definition) is 4. The van der Waals surface area contributed by atoms with Crippen molar-refractivity contribution in [2.24, 2.45) is 0 Å². The number of nitrogens with one attached hydrogen (secondary N) is 1. The molecule has 1 aromatic carbocycles. The van der Waals surface area contributed by atoms with Crippen molar-refractivity contribution in [2.75, 3.05) is 14.2 Å². The van der Waals surface area contributed by atoms with E-state index in [1.807, 2.05) is 0 Å². The van der Waals surface area contributed by atoms with E-state index >= 15 is 0 Å². The molecule has 1 amide bonds. The molecule has 0 saturated heterocycles. The zero-order valence-corrected chi connectivity index (χ0v) is 12.8. The highest BCUT2D eigenvalue weighted by atomic mass is 79.9. The Kier molecular flexibility index (Phi) is 4.94. The van der Waals surface area contributed by atoms with Gasteiger partial charge >= 0.3 is 5.97 Å². The largest absolute Gasteiger partial charge is 0.497 e. The summed E-state index contributed by atoms with van der Waals surface area (Å²) in [7, 11) is 2.82. The van der Waals surface area contributed by atoms with Gasteiger partial charge in [-0.3, -0.25) is 4.79 Å². The topological polar surface area (TPSA) is 64.6 Å². The number of carbonyl (C=O) groups is 2. The molecule has 0 atom stereocenters. The number of hydrogen-bond donors (Lipinski definition) is 1. The highest BCUT2D eigenvalue weighted by Gasteiger charge is 2.31. The van der Waals surface area contributed by atoms with Crippen molar-refractivity contribution in [3.8, 4) is 5.75 Å². The molecule has 1 aromatic rings. The van der Waals surface area contributed by atoms with Gasteiger partial charge in [-0.05, 0) is 48.0 Å². The number of rotatable bonds is 4. The van der Waals surface area contributed by atoms with Gasteiger partial charge in [-0.1, -0.05) is 0 Å². The predicted octanol–water partition coefficient (Wildman–Crippen LogP) is 2.14. The Balaban J connectivity index is 2.93. The number of methoxy groups -OCH3 is 2. The molecule has 6 heteroatoms. The first-order valence-corrected chi connectivity index (χ1v) is 6.35. The van der Waals surface area contributed by atoms with Crippen molar-refractivity contribution in [1.82, 2.24) is 5.32 Å². The van der Waals surface area contributed by atoms with Crippen LogP contribution >= 0.6 is 15.9 Å². The second-order valence-electron chi connectivity index (χ2n) is 4.42. The van der Waals surface area contributed by atoms with Crippen LogP contribution in [0.4, 0.5) is 0 Å². The van der Waals surface area contributed by atoms with Gasteiger partial charge in [-0.15, -0.1) is 0 Å². The van der Waals surface area contributed by atoms with Crippen LogP contribution in [0, 0.1) is 0 Å². The van der Waals surface area contributed by atoms with E-state index in [4.69, 9.17) is 4.74 Å². The summed E-state index contributed by atoms with van der Waals surface area (Å²) in [6.45, 7) is 3.16. The van der Waals surface area contributed by atoms with Crippen LogP contribution in [0.15, 0.2) is 22.7 Å². The van der Waals surface area contributed by atoms with Crippen LogP contribution in [0.5, 0.6) is 5.75 Å². The summed E-state index contributed by atoms with van der Waals surface area (Å²) in [5.74, 6) is -0.244. The molecule has 0 aliphatic rings. The molecule has 0 saturated carbocycles. The molecule has 19 heavy (non-hydrogen) atoms. The first-order chi connectivity index (χ1) is 8.81. The average Bonchev–Trinajstić information content (AvgIpc) is 2.36. The Labute approximate surface area is 120 Å². The van der Waals surface area contributed by atoms with Gasteiger partial charge in [0.25, 0.3) is 5.91 Å². The molecule has 0 aliphatic carbocycles. The summed E-state index contributed by atoms with van der Waals surface area (Å²) in [6.07, 6.45) is 0. The predicted molar refractivity (Wildman–Crippen MR) is 74.3 cm³/mol. The van der Waals surface area contributed by atoms with Gasteiger partial charge in [0.1, 0.15) is 11.3 Å². The third kappa shape index (κ3) is 3.70. The van der Waals surface area contributed by atoms with E-state index in [9.17, 15) is 9.59 Å². The molecule has 1 N–H and O–H groups in total. The highest BCUT2D eigenvalue weighted by molar-refractivity contribution is 9.10. The van der Waals surface area contributed by atoms with Gasteiger partial charge < -0.3 is 14.8 Å². The van der Waals surface area contributed by atoms with Crippen molar-refractivity contribution < 1.29 is 19.1 Å². The summed E-state index contributed by atoms with van der Waals surface area (Å²) < 4.78 is 10.3. The normalized spacial score (nSPS) is 10.8. The number of carbonyl (C=O) groups excluding carboxylic acids is 2. The lowest BCUT2D eigenvalue weighted by Crippen LogP contribution is -2.50. The molecule has 1 rings (SSSR count). The minimum Gasteiger partial charge on any atom is -0.497 e. The zero-order chi connectivity index (χ0) is 14.6. The average molecular weight is 330 g/mol. The van der Waals surface area contributed by atoms with Gasteiger partial charge in [0.05, 0.1) is 19.8 Å². The molecule has 0 spiro atoms. The molecule has 0 radical (unpaired) electrons. The van der Waals surface area contributed by atoms with Gasteiger partial charge in [-0.2, -0.15) is 0 Å². The zero-order valence-electron chi connectivity index (χ0n) is 11.2. The van der Waals surface area contributed by atoms with Crippen molar-refractivity contribution in [2.45, 2.75) is 19.4 Å². The van der Waals surface area contributed by atoms with Crippen molar-refractivity contribution in [3.63, 3.8) is 0 Å². The minimum atomic E-state index is -1.09. The first-order valence-electron chi connectivity index (χ1n) is 5.56. The SMILES string of the molecule is COC(=O)C(C)(C)NC(=O)c1ccc(OC)cc1Br. The molecular formula is C13H16BrNO4. The molecule has 0 heterocycles. The summed E-state index contributed by atoms with van der Waals surface area (Å²) in [5, 5.41) is 2.62. The molecule has 104 valence electrons. The maximum absolute atomic E-state index is 12.1. The second-order valence-corrected chi connectivity index (χ2v) is 5.27. The van der Waals surface area contributed by atoms with Gasteiger partial charge in [0, 0.05) is 4.47 Å². The monoisotopic (exact) mass is 329 g/mol. The van der Waals surface area contributed by atoms with Crippen molar-refractivity contribution in [1.29, 1.82) is 0 Å². The second kappa shape index (κ2) is 6.06. The van der Waals surface area contributed by atoms with Crippen molar-refractivity contribution in [3.05, 3.63) is 28.2 Å². The fourth-order valence-electron chi connectivity index (χ4n) is 1.46. The van der Waals surface area contributed by atoms with Crippen LogP contribution < -0.4 is 10.1 Å². The number of amides is 1. The molecule has 0 aromatic heterocycles. The number of benzene rings is 1. The maximum Gasteiger partial charge on any atom is 0.330 e. The molecule has 0 unspecified atom stereocenters. The highest BCUT2D eigenvalue weighted by Crippen LogP contribution is 2.23. The van der Waals surface area contributed by atoms with E-state index in [-0.39, 0.29) is 5.91 Å². The van der Waals surface area contributed by atoms with Crippen LogP contribution in [-0.4, -0.2) is 31.6 Å². The fraction of sp³-hybridized carbons (Fsp3) is 0.385. The van der Waals surface area contributed by atoms with E-state index in [0.29, 0.717) is 15.8 Å². The molecule has 0 fully saturated rings. The quantitative estimate of drug-likeness (QED) is 0.859. The summed E-state index contributed by atoms with van der Waals surface area (Å²) in [6, 6.07) is 4.97. The molecule has 0 aliphatic heterocycles. The third-order valence-electron chi connectivity index (χ3n) is 2.54. The van der Waals surface area contributed by atoms with E-state index in [1.54, 1.807) is 39.2 Å². The van der Waals surface area contributed by atoms with Crippen molar-refractivity contribution >= 4 is 27.8 Å². The van der Waals surface area contributed by atoms with E-state index in [1.165, 1.54) is 7.11 Å². The Morgan fingerprint density at radius 2 is 1.89 bits per heavy atom. The number of halogens is 1. The summed E-state index contributed by atoms with van der Waals surface area (Å²) in [5.41, 5.74) is -0.677. The smallest absolute Gasteiger partial charge is 0.330 e. The molecule has 5 nitrogen and oxygen atoms in total. The van der Waals surface area contributed by atoms with Gasteiger partial charge in [0.15, 0.2) is 0 Å². The fourth-order valence-corrected chi connectivity index (χ4v) is 2.00. The van der Waals surface area contributed by atoms with Crippen LogP contribution in [0.1, 0.15) is 24.2 Å². The van der Waals surface area contributed by atoms with Gasteiger partial charge in [-0.25, -0.2) is 4.79 Å². The number of ether oxygens (including phenoxy) is 2. The number of esters is 1. The minimum absolute atomic E-state index is 0.370. The Bertz CT molecular complexity index is 499. The lowest BCUT2D eigenvalue weighted by molar-refractivity contribution is -0.146. The lowest BCUT2D eigenvalue weighted by Gasteiger charge is -2.23. The first kappa shape index (κ1) is 15.5. The summed E-state index contributed by atoms with van der Waals surface area (Å²) in [4.78, 5) is 23.6. The van der Waals surface area contributed by atoms with Crippen LogP contribution in [0.3, 0.4) is 0 Å². The maximum atomic E-state index is 12.1. The standard InChI is InChI=1S/C13H16BrNO4/c1-13(2,12(17)19-4)15-11(16)9-6-5-8(18-3)7-10(9)14/h5-7H,1-4H3,(H,15,16). The van der Waals surface area contributed by atoms with E-state index in [2.05, 4.69) is 26.0 Å². The summed E-state index contributed by atoms with van der Waals surface area (Å²) >= 11 is 3.29. The van der Waals surface area contributed by atoms with E-state index in [0.717, 1.165) is 0 Å². The van der Waals surface area contributed by atoms with Crippen LogP contribution in [-0.2, 0) is 9.53 Å². The Hall–Kier alpha value is -1.56. The van der Waals surface area contributed by atoms with Gasteiger partial charge in [0.2, 0.25) is 0 Å². The Morgan fingerprint density at radius 1 is 1.26 bits per heavy atom. The Morgan fingerprint density at radius 3 is 2.37 bits per heavy atom. The van der Waals surface area contributed by atoms with Crippen LogP contribution in [0.2, 0.25) is 0 Å². The lowest BCUT2D eigenvalue weighted by atomic mass is 10.1. The molecule has 0 bridgehead atoms. The van der Waals surface area contributed by atoms with E-state index < -0.39 is 11.5 Å². The van der Waals surface area contributed by atoms with Crippen LogP contribution in [0.25, 0.3) is 0 Å². The molecular weight excluding hydrogens is 314 g/mol. The third-order valence-corrected chi connectivity index (χ3v) is 3.20.